The third kappa shape index (κ3) is 2.86. The summed E-state index contributed by atoms with van der Waals surface area (Å²) >= 11 is 0. The van der Waals surface area contributed by atoms with Crippen LogP contribution in [0.3, 0.4) is 0 Å². The molecule has 0 aliphatic carbocycles. The smallest absolute Gasteiger partial charge is 0.337 e. The lowest BCUT2D eigenvalue weighted by molar-refractivity contribution is 0.0600. The summed E-state index contributed by atoms with van der Waals surface area (Å²) < 4.78 is 23.5. The molecule has 24 heavy (non-hydrogen) atoms. The summed E-state index contributed by atoms with van der Waals surface area (Å²) in [5.74, 6) is -1.18. The number of fused-ring (bicyclic) bond motifs is 1. The summed E-state index contributed by atoms with van der Waals surface area (Å²) in [6.07, 6.45) is 0. The van der Waals surface area contributed by atoms with Crippen molar-refractivity contribution in [2.45, 2.75) is 6.92 Å². The topological polar surface area (TPSA) is 68.5 Å². The van der Waals surface area contributed by atoms with Crippen molar-refractivity contribution in [2.75, 3.05) is 12.4 Å². The Labute approximate surface area is 137 Å². The van der Waals surface area contributed by atoms with Gasteiger partial charge in [-0.25, -0.2) is 9.18 Å². The summed E-state index contributed by atoms with van der Waals surface area (Å²) in [6, 6.07) is 10.3. The van der Waals surface area contributed by atoms with Gasteiger partial charge in [-0.3, -0.25) is 4.79 Å². The molecule has 1 N–H and O–H groups in total. The number of carbonyl (C=O) groups excluding carboxylic acids is 2. The van der Waals surface area contributed by atoms with Gasteiger partial charge in [0, 0.05) is 16.6 Å². The third-order valence-electron chi connectivity index (χ3n) is 3.67. The molecule has 0 saturated heterocycles. The van der Waals surface area contributed by atoms with Crippen LogP contribution in [0.25, 0.3) is 11.0 Å². The normalized spacial score (nSPS) is 10.6. The van der Waals surface area contributed by atoms with E-state index < -0.39 is 17.7 Å². The maximum absolute atomic E-state index is 13.3. The van der Waals surface area contributed by atoms with E-state index in [-0.39, 0.29) is 5.76 Å². The molecule has 0 fully saturated rings. The molecule has 1 aromatic heterocycles. The Morgan fingerprint density at radius 1 is 1.12 bits per heavy atom. The van der Waals surface area contributed by atoms with E-state index in [0.717, 1.165) is 0 Å². The van der Waals surface area contributed by atoms with Gasteiger partial charge in [-0.15, -0.1) is 0 Å². The van der Waals surface area contributed by atoms with Crippen molar-refractivity contribution >= 4 is 28.5 Å². The maximum atomic E-state index is 13.3. The Hall–Kier alpha value is -3.15. The van der Waals surface area contributed by atoms with E-state index in [2.05, 4.69) is 10.1 Å². The quantitative estimate of drug-likeness (QED) is 0.740. The fourth-order valence-corrected chi connectivity index (χ4v) is 2.41. The highest BCUT2D eigenvalue weighted by Crippen LogP contribution is 2.26. The van der Waals surface area contributed by atoms with Crippen molar-refractivity contribution in [3.05, 3.63) is 65.2 Å². The van der Waals surface area contributed by atoms with Gasteiger partial charge in [-0.1, -0.05) is 0 Å². The van der Waals surface area contributed by atoms with E-state index in [1.807, 2.05) is 0 Å². The second-order valence-corrected chi connectivity index (χ2v) is 5.22. The number of ether oxygens (including phenoxy) is 1. The van der Waals surface area contributed by atoms with Gasteiger partial charge in [0.1, 0.15) is 11.4 Å². The van der Waals surface area contributed by atoms with Gasteiger partial charge < -0.3 is 14.5 Å². The Bertz CT molecular complexity index is 928. The number of rotatable bonds is 3. The van der Waals surface area contributed by atoms with E-state index in [4.69, 9.17) is 4.42 Å². The first-order valence-corrected chi connectivity index (χ1v) is 7.18. The van der Waals surface area contributed by atoms with Crippen LogP contribution in [-0.4, -0.2) is 19.0 Å². The number of hydrogen-bond acceptors (Lipinski definition) is 4. The second-order valence-electron chi connectivity index (χ2n) is 5.22. The molecule has 3 rings (SSSR count). The van der Waals surface area contributed by atoms with Gasteiger partial charge >= 0.3 is 5.97 Å². The minimum atomic E-state index is -0.456. The van der Waals surface area contributed by atoms with Gasteiger partial charge in [-0.2, -0.15) is 0 Å². The molecule has 1 amide bonds. The van der Waals surface area contributed by atoms with E-state index in [9.17, 15) is 14.0 Å². The van der Waals surface area contributed by atoms with Gasteiger partial charge in [0.05, 0.1) is 12.7 Å². The average molecular weight is 327 g/mol. The lowest BCUT2D eigenvalue weighted by Crippen LogP contribution is -2.12. The lowest BCUT2D eigenvalue weighted by Gasteiger charge is -2.05. The van der Waals surface area contributed by atoms with Crippen LogP contribution in [0.1, 0.15) is 26.5 Å². The molecule has 0 bridgehead atoms. The number of aryl methyl sites for hydroxylation is 1. The van der Waals surface area contributed by atoms with Crippen LogP contribution in [0.4, 0.5) is 10.1 Å². The van der Waals surface area contributed by atoms with Crippen molar-refractivity contribution < 1.29 is 23.1 Å². The van der Waals surface area contributed by atoms with Crippen molar-refractivity contribution in [1.82, 2.24) is 0 Å². The van der Waals surface area contributed by atoms with E-state index in [0.29, 0.717) is 27.8 Å². The monoisotopic (exact) mass is 327 g/mol. The van der Waals surface area contributed by atoms with Crippen LogP contribution >= 0.6 is 0 Å². The zero-order valence-corrected chi connectivity index (χ0v) is 13.1. The standard InChI is InChI=1S/C18H14FNO4/c1-10-14-9-12(19)5-8-15(14)24-16(10)17(21)20-13-6-3-11(4-7-13)18(22)23-2/h3-9H,1-2H3,(H,20,21). The summed E-state index contributed by atoms with van der Waals surface area (Å²) in [5.41, 5.74) is 1.89. The zero-order valence-electron chi connectivity index (χ0n) is 13.1. The van der Waals surface area contributed by atoms with Gasteiger partial charge in [0.25, 0.3) is 5.91 Å². The second kappa shape index (κ2) is 6.16. The number of methoxy groups -OCH3 is 1. The van der Waals surface area contributed by atoms with Crippen LogP contribution in [0.2, 0.25) is 0 Å². The molecule has 5 nitrogen and oxygen atoms in total. The minimum Gasteiger partial charge on any atom is -0.465 e. The van der Waals surface area contributed by atoms with Gasteiger partial charge in [0.15, 0.2) is 5.76 Å². The number of halogens is 1. The molecular formula is C18H14FNO4. The Morgan fingerprint density at radius 3 is 2.50 bits per heavy atom. The highest BCUT2D eigenvalue weighted by atomic mass is 19.1. The van der Waals surface area contributed by atoms with E-state index >= 15 is 0 Å². The number of carbonyl (C=O) groups is 2. The number of hydrogen-bond donors (Lipinski definition) is 1. The van der Waals surface area contributed by atoms with Crippen molar-refractivity contribution in [2.24, 2.45) is 0 Å². The first kappa shape index (κ1) is 15.7. The number of benzene rings is 2. The largest absolute Gasteiger partial charge is 0.465 e. The van der Waals surface area contributed by atoms with Crippen molar-refractivity contribution in [1.29, 1.82) is 0 Å². The molecule has 2 aromatic carbocycles. The maximum Gasteiger partial charge on any atom is 0.337 e. The molecule has 0 aliphatic heterocycles. The van der Waals surface area contributed by atoms with Crippen molar-refractivity contribution in [3.63, 3.8) is 0 Å². The fourth-order valence-electron chi connectivity index (χ4n) is 2.41. The molecule has 0 spiro atoms. The highest BCUT2D eigenvalue weighted by Gasteiger charge is 2.18. The summed E-state index contributed by atoms with van der Waals surface area (Å²) in [4.78, 5) is 23.8. The Morgan fingerprint density at radius 2 is 1.83 bits per heavy atom. The van der Waals surface area contributed by atoms with Crippen LogP contribution in [0.5, 0.6) is 0 Å². The number of amides is 1. The lowest BCUT2D eigenvalue weighted by atomic mass is 10.1. The van der Waals surface area contributed by atoms with E-state index in [1.165, 1.54) is 25.3 Å². The molecule has 0 unspecified atom stereocenters. The molecule has 0 aliphatic rings. The molecule has 6 heteroatoms. The predicted molar refractivity (Wildman–Crippen MR) is 86.6 cm³/mol. The molecule has 122 valence electrons. The first-order chi connectivity index (χ1) is 11.5. The summed E-state index contributed by atoms with van der Waals surface area (Å²) in [7, 11) is 1.30. The molecule has 0 saturated carbocycles. The van der Waals surface area contributed by atoms with Gasteiger partial charge in [-0.05, 0) is 49.4 Å². The SMILES string of the molecule is COC(=O)c1ccc(NC(=O)c2oc3ccc(F)cc3c2C)cc1. The minimum absolute atomic E-state index is 0.118. The van der Waals surface area contributed by atoms with E-state index in [1.54, 1.807) is 31.2 Å². The number of esters is 1. The van der Waals surface area contributed by atoms with Crippen LogP contribution in [0, 0.1) is 12.7 Å². The van der Waals surface area contributed by atoms with Gasteiger partial charge in [0.2, 0.25) is 0 Å². The molecular weight excluding hydrogens is 313 g/mol. The Kier molecular flexibility index (Phi) is 4.04. The first-order valence-electron chi connectivity index (χ1n) is 7.18. The predicted octanol–water partition coefficient (Wildman–Crippen LogP) is 3.92. The number of anilines is 1. The van der Waals surface area contributed by atoms with Crippen molar-refractivity contribution in [3.8, 4) is 0 Å². The zero-order chi connectivity index (χ0) is 17.3. The number of nitrogens with one attached hydrogen (secondary N) is 1. The Balaban J connectivity index is 1.85. The van der Waals surface area contributed by atoms with Crippen LogP contribution in [-0.2, 0) is 4.74 Å². The molecule has 1 heterocycles. The van der Waals surface area contributed by atoms with Crippen LogP contribution in [0.15, 0.2) is 46.9 Å². The highest BCUT2D eigenvalue weighted by molar-refractivity contribution is 6.06. The van der Waals surface area contributed by atoms with Crippen LogP contribution < -0.4 is 5.32 Å². The molecule has 0 radical (unpaired) electrons. The third-order valence-corrected chi connectivity index (χ3v) is 3.67. The average Bonchev–Trinajstić information content (AvgIpc) is 2.91. The molecule has 3 aromatic rings. The summed E-state index contributed by atoms with van der Waals surface area (Å²) in [5, 5.41) is 3.24. The number of furan rings is 1. The summed E-state index contributed by atoms with van der Waals surface area (Å²) in [6.45, 7) is 1.69. The molecule has 0 atom stereocenters. The fraction of sp³-hybridized carbons (Fsp3) is 0.111.